The summed E-state index contributed by atoms with van der Waals surface area (Å²) < 4.78 is 8.67. The molecule has 0 aromatic carbocycles. The van der Waals surface area contributed by atoms with Gasteiger partial charge in [0.25, 0.3) is 5.56 Å². The van der Waals surface area contributed by atoms with Gasteiger partial charge in [0.15, 0.2) is 0 Å². The summed E-state index contributed by atoms with van der Waals surface area (Å²) in [6.07, 6.45) is 2.20. The summed E-state index contributed by atoms with van der Waals surface area (Å²) in [7, 11) is 1.75. The number of ether oxygens (including phenoxy) is 1. The van der Waals surface area contributed by atoms with E-state index in [1.165, 1.54) is 0 Å². The van der Waals surface area contributed by atoms with Gasteiger partial charge < -0.3 is 19.9 Å². The molecule has 2 heterocycles. The third-order valence-corrected chi connectivity index (χ3v) is 5.39. The number of amides is 1. The molecule has 0 unspecified atom stereocenters. The van der Waals surface area contributed by atoms with Crippen LogP contribution in [0.3, 0.4) is 0 Å². The van der Waals surface area contributed by atoms with Gasteiger partial charge in [-0.3, -0.25) is 4.79 Å². The van der Waals surface area contributed by atoms with Crippen LogP contribution in [0.25, 0.3) is 10.1 Å². The van der Waals surface area contributed by atoms with Gasteiger partial charge in [0.05, 0.1) is 14.6 Å². The molecule has 0 saturated heterocycles. The maximum atomic E-state index is 12.1. The number of hydrogen-bond donors (Lipinski definition) is 2. The molecule has 138 valence electrons. The molecule has 1 amide bonds. The second-order valence-corrected chi connectivity index (χ2v) is 8.80. The van der Waals surface area contributed by atoms with E-state index in [4.69, 9.17) is 4.74 Å². The van der Waals surface area contributed by atoms with Crippen LogP contribution in [0.15, 0.2) is 21.5 Å². The number of aromatic nitrogens is 1. The van der Waals surface area contributed by atoms with E-state index < -0.39 is 11.7 Å². The van der Waals surface area contributed by atoms with Crippen molar-refractivity contribution in [2.75, 3.05) is 13.1 Å². The number of thiophene rings is 1. The molecule has 2 N–H and O–H groups in total. The van der Waals surface area contributed by atoms with E-state index >= 15 is 0 Å². The first kappa shape index (κ1) is 19.9. The van der Waals surface area contributed by atoms with Gasteiger partial charge >= 0.3 is 6.09 Å². The van der Waals surface area contributed by atoms with Crippen molar-refractivity contribution in [3.63, 3.8) is 0 Å². The Balaban J connectivity index is 1.77. The Kier molecular flexibility index (Phi) is 6.65. The zero-order chi connectivity index (χ0) is 18.6. The van der Waals surface area contributed by atoms with Crippen LogP contribution in [-0.2, 0) is 18.3 Å². The molecule has 2 aromatic rings. The number of alkyl carbamates (subject to hydrolysis) is 1. The Morgan fingerprint density at radius 1 is 1.36 bits per heavy atom. The number of nitrogens with zero attached hydrogens (tertiary/aromatic N) is 1. The Morgan fingerprint density at radius 2 is 2.08 bits per heavy atom. The van der Waals surface area contributed by atoms with Gasteiger partial charge in [0, 0.05) is 31.2 Å². The smallest absolute Gasteiger partial charge is 0.407 e. The molecule has 2 aromatic heterocycles. The van der Waals surface area contributed by atoms with Crippen molar-refractivity contribution >= 4 is 43.4 Å². The number of carbonyl (C=O) groups excluding carboxylic acids is 1. The van der Waals surface area contributed by atoms with Crippen LogP contribution >= 0.6 is 27.3 Å². The maximum absolute atomic E-state index is 12.1. The minimum atomic E-state index is -0.477. The molecule has 0 fully saturated rings. The Bertz CT molecular complexity index is 808. The molecule has 0 aliphatic heterocycles. The van der Waals surface area contributed by atoms with E-state index in [0.29, 0.717) is 13.1 Å². The van der Waals surface area contributed by atoms with Crippen molar-refractivity contribution in [3.8, 4) is 0 Å². The summed E-state index contributed by atoms with van der Waals surface area (Å²) in [6, 6.07) is 1.94. The highest BCUT2D eigenvalue weighted by Crippen LogP contribution is 2.29. The predicted octanol–water partition coefficient (Wildman–Crippen LogP) is 3.37. The first-order valence-electron chi connectivity index (χ1n) is 8.12. The number of aryl methyl sites for hydroxylation is 1. The normalized spacial score (nSPS) is 11.7. The van der Waals surface area contributed by atoms with Crippen molar-refractivity contribution in [3.05, 3.63) is 32.0 Å². The van der Waals surface area contributed by atoms with Crippen LogP contribution in [0.1, 0.15) is 32.1 Å². The third kappa shape index (κ3) is 5.83. The lowest BCUT2D eigenvalue weighted by Gasteiger charge is -2.19. The fraction of sp³-hybridized carbons (Fsp3) is 0.529. The Labute approximate surface area is 159 Å². The number of pyridine rings is 1. The molecule has 25 heavy (non-hydrogen) atoms. The van der Waals surface area contributed by atoms with Crippen molar-refractivity contribution in [2.45, 2.75) is 39.3 Å². The van der Waals surface area contributed by atoms with Gasteiger partial charge in [-0.1, -0.05) is 0 Å². The molecule has 0 saturated carbocycles. The highest BCUT2D eigenvalue weighted by molar-refractivity contribution is 9.10. The molecular formula is C17H24BrN3O3S. The van der Waals surface area contributed by atoms with E-state index in [1.54, 1.807) is 29.1 Å². The molecule has 0 aliphatic rings. The van der Waals surface area contributed by atoms with E-state index in [2.05, 4.69) is 26.6 Å². The number of carbonyl (C=O) groups is 1. The highest BCUT2D eigenvalue weighted by atomic mass is 79.9. The summed E-state index contributed by atoms with van der Waals surface area (Å²) in [6.45, 7) is 7.53. The lowest BCUT2D eigenvalue weighted by Crippen LogP contribution is -2.33. The first-order chi connectivity index (χ1) is 11.7. The fourth-order valence-electron chi connectivity index (χ4n) is 2.27. The van der Waals surface area contributed by atoms with Crippen LogP contribution in [0.5, 0.6) is 0 Å². The van der Waals surface area contributed by atoms with E-state index in [-0.39, 0.29) is 5.56 Å². The number of hydrogen-bond acceptors (Lipinski definition) is 5. The SMILES string of the molecule is Cn1cc(Br)c2sc(CNCCCNC(=O)OC(C)(C)C)cc2c1=O. The van der Waals surface area contributed by atoms with E-state index in [0.717, 1.165) is 32.4 Å². The fourth-order valence-corrected chi connectivity index (χ4v) is 4.06. The van der Waals surface area contributed by atoms with Crippen molar-refractivity contribution in [1.82, 2.24) is 15.2 Å². The van der Waals surface area contributed by atoms with Crippen LogP contribution in [0.2, 0.25) is 0 Å². The molecule has 0 spiro atoms. The van der Waals surface area contributed by atoms with Gasteiger partial charge in [-0.05, 0) is 55.7 Å². The lowest BCUT2D eigenvalue weighted by molar-refractivity contribution is 0.0527. The van der Waals surface area contributed by atoms with Gasteiger partial charge in [-0.2, -0.15) is 0 Å². The Morgan fingerprint density at radius 3 is 2.76 bits per heavy atom. The number of nitrogens with one attached hydrogen (secondary N) is 2. The average molecular weight is 430 g/mol. The van der Waals surface area contributed by atoms with Gasteiger partial charge in [0.1, 0.15) is 5.60 Å². The molecule has 6 nitrogen and oxygen atoms in total. The molecular weight excluding hydrogens is 406 g/mol. The summed E-state index contributed by atoms with van der Waals surface area (Å²) in [5, 5.41) is 6.81. The zero-order valence-corrected chi connectivity index (χ0v) is 17.3. The van der Waals surface area contributed by atoms with Crippen molar-refractivity contribution in [1.29, 1.82) is 0 Å². The Hall–Kier alpha value is -1.38. The van der Waals surface area contributed by atoms with Crippen LogP contribution in [0, 0.1) is 0 Å². The third-order valence-electron chi connectivity index (χ3n) is 3.36. The predicted molar refractivity (Wildman–Crippen MR) is 105 cm³/mol. The highest BCUT2D eigenvalue weighted by Gasteiger charge is 2.15. The quantitative estimate of drug-likeness (QED) is 0.690. The summed E-state index contributed by atoms with van der Waals surface area (Å²) in [4.78, 5) is 24.8. The van der Waals surface area contributed by atoms with Crippen LogP contribution < -0.4 is 16.2 Å². The summed E-state index contributed by atoms with van der Waals surface area (Å²) >= 11 is 5.12. The lowest BCUT2D eigenvalue weighted by atomic mass is 10.2. The van der Waals surface area contributed by atoms with E-state index in [9.17, 15) is 9.59 Å². The monoisotopic (exact) mass is 429 g/mol. The second-order valence-electron chi connectivity index (χ2n) is 6.81. The van der Waals surface area contributed by atoms with Gasteiger partial charge in [-0.25, -0.2) is 4.79 Å². The first-order valence-corrected chi connectivity index (χ1v) is 9.73. The topological polar surface area (TPSA) is 72.4 Å². The molecule has 0 bridgehead atoms. The van der Waals surface area contributed by atoms with Crippen molar-refractivity contribution in [2.24, 2.45) is 7.05 Å². The number of fused-ring (bicyclic) bond motifs is 1. The molecule has 8 heteroatoms. The average Bonchev–Trinajstić information content (AvgIpc) is 2.91. The zero-order valence-electron chi connectivity index (χ0n) is 14.9. The van der Waals surface area contributed by atoms with Gasteiger partial charge in [0.2, 0.25) is 0 Å². The standard InChI is InChI=1S/C17H24BrN3O3S/c1-17(2,3)24-16(23)20-7-5-6-19-9-11-8-12-14(25-11)13(18)10-21(4)15(12)22/h8,10,19H,5-7,9H2,1-4H3,(H,20,23). The number of rotatable bonds is 6. The van der Waals surface area contributed by atoms with Gasteiger partial charge in [-0.15, -0.1) is 11.3 Å². The molecule has 0 atom stereocenters. The van der Waals surface area contributed by atoms with Crippen molar-refractivity contribution < 1.29 is 9.53 Å². The minimum absolute atomic E-state index is 0.0160. The maximum Gasteiger partial charge on any atom is 0.407 e. The van der Waals surface area contributed by atoms with Crippen LogP contribution in [-0.4, -0.2) is 29.4 Å². The summed E-state index contributed by atoms with van der Waals surface area (Å²) in [5.41, 5.74) is -0.461. The number of halogens is 1. The molecule has 0 radical (unpaired) electrons. The summed E-state index contributed by atoms with van der Waals surface area (Å²) in [5.74, 6) is 0. The minimum Gasteiger partial charge on any atom is -0.444 e. The largest absolute Gasteiger partial charge is 0.444 e. The van der Waals surface area contributed by atoms with Crippen LogP contribution in [0.4, 0.5) is 4.79 Å². The van der Waals surface area contributed by atoms with E-state index in [1.807, 2.05) is 26.8 Å². The molecule has 2 rings (SSSR count). The second kappa shape index (κ2) is 8.33. The molecule has 0 aliphatic carbocycles.